The zero-order chi connectivity index (χ0) is 16.9. The number of hydrogen-bond acceptors (Lipinski definition) is 5. The van der Waals surface area contributed by atoms with Gasteiger partial charge in [-0.2, -0.15) is 0 Å². The Kier molecular flexibility index (Phi) is 5.32. The van der Waals surface area contributed by atoms with Crippen molar-refractivity contribution in [1.29, 1.82) is 0 Å². The zero-order valence-corrected chi connectivity index (χ0v) is 14.5. The topological polar surface area (TPSA) is 55.1 Å². The van der Waals surface area contributed by atoms with Gasteiger partial charge in [0, 0.05) is 10.4 Å². The van der Waals surface area contributed by atoms with Gasteiger partial charge in [-0.15, -0.1) is 11.3 Å². The molecule has 0 aliphatic heterocycles. The van der Waals surface area contributed by atoms with Crippen molar-refractivity contribution in [2.75, 3.05) is 5.75 Å². The van der Waals surface area contributed by atoms with Gasteiger partial charge in [0.15, 0.2) is 5.76 Å². The molecule has 1 atom stereocenters. The molecule has 0 bridgehead atoms. The van der Waals surface area contributed by atoms with Crippen LogP contribution >= 0.6 is 23.1 Å². The van der Waals surface area contributed by atoms with Crippen molar-refractivity contribution in [2.24, 2.45) is 0 Å². The molecule has 0 spiro atoms. The van der Waals surface area contributed by atoms with E-state index in [2.05, 4.69) is 10.3 Å². The molecule has 124 valence electrons. The highest BCUT2D eigenvalue weighted by Gasteiger charge is 2.13. The van der Waals surface area contributed by atoms with Gasteiger partial charge in [0.2, 0.25) is 5.91 Å². The lowest BCUT2D eigenvalue weighted by molar-refractivity contribution is -0.119. The average Bonchev–Trinajstić information content (AvgIpc) is 3.25. The third kappa shape index (κ3) is 4.24. The number of hydrogen-bond donors (Lipinski definition) is 1. The molecule has 0 fully saturated rings. The Bertz CT molecular complexity index is 800. The first-order valence-corrected chi connectivity index (χ1v) is 9.15. The van der Waals surface area contributed by atoms with E-state index in [0.29, 0.717) is 11.0 Å². The smallest absolute Gasteiger partial charge is 0.256 e. The van der Waals surface area contributed by atoms with Gasteiger partial charge in [0.25, 0.3) is 5.22 Å². The Balaban J connectivity index is 1.53. The van der Waals surface area contributed by atoms with Gasteiger partial charge in [0.05, 0.1) is 18.0 Å². The molecular weight excluding hydrogens is 347 g/mol. The molecule has 0 aliphatic rings. The van der Waals surface area contributed by atoms with Crippen LogP contribution in [0.1, 0.15) is 17.8 Å². The van der Waals surface area contributed by atoms with Crippen LogP contribution in [-0.2, 0) is 4.79 Å². The standard InChI is InChI=1S/C17H15FN2O2S2/c1-11(15-3-2-8-23-15)20-16(21)10-24-17-19-9-14(22-17)12-4-6-13(18)7-5-12/h2-9,11H,10H2,1H3,(H,20,21). The maximum Gasteiger partial charge on any atom is 0.256 e. The average molecular weight is 362 g/mol. The molecule has 0 aliphatic carbocycles. The normalized spacial score (nSPS) is 12.1. The molecule has 3 rings (SSSR count). The zero-order valence-electron chi connectivity index (χ0n) is 12.9. The molecule has 0 saturated heterocycles. The summed E-state index contributed by atoms with van der Waals surface area (Å²) < 4.78 is 18.5. The number of benzene rings is 1. The number of rotatable bonds is 6. The van der Waals surface area contributed by atoms with Crippen LogP contribution in [0.25, 0.3) is 11.3 Å². The molecule has 0 radical (unpaired) electrons. The minimum atomic E-state index is -0.301. The van der Waals surface area contributed by atoms with Crippen molar-refractivity contribution in [1.82, 2.24) is 10.3 Å². The number of carbonyl (C=O) groups excluding carboxylic acids is 1. The highest BCUT2D eigenvalue weighted by molar-refractivity contribution is 7.99. The minimum absolute atomic E-state index is 0.0163. The number of carbonyl (C=O) groups is 1. The lowest BCUT2D eigenvalue weighted by Gasteiger charge is -2.11. The molecule has 1 amide bonds. The summed E-state index contributed by atoms with van der Waals surface area (Å²) >= 11 is 2.84. The molecule has 0 saturated carbocycles. The van der Waals surface area contributed by atoms with Gasteiger partial charge >= 0.3 is 0 Å². The lowest BCUT2D eigenvalue weighted by Crippen LogP contribution is -2.27. The van der Waals surface area contributed by atoms with Crippen molar-refractivity contribution in [3.8, 4) is 11.3 Å². The fourth-order valence-corrected chi connectivity index (χ4v) is 3.44. The van der Waals surface area contributed by atoms with E-state index in [1.807, 2.05) is 24.4 Å². The molecule has 1 N–H and O–H groups in total. The Morgan fingerprint density at radius 3 is 2.88 bits per heavy atom. The van der Waals surface area contributed by atoms with Crippen LogP contribution in [0.4, 0.5) is 4.39 Å². The van der Waals surface area contributed by atoms with Gasteiger partial charge in [-0.25, -0.2) is 9.37 Å². The number of thiophene rings is 1. The van der Waals surface area contributed by atoms with Gasteiger partial charge in [-0.3, -0.25) is 4.79 Å². The maximum atomic E-state index is 12.9. The fourth-order valence-electron chi connectivity index (χ4n) is 2.09. The van der Waals surface area contributed by atoms with Gasteiger partial charge in [-0.1, -0.05) is 17.8 Å². The number of halogens is 1. The number of nitrogens with zero attached hydrogens (tertiary/aromatic N) is 1. The minimum Gasteiger partial charge on any atom is -0.431 e. The van der Waals surface area contributed by atoms with Crippen molar-refractivity contribution in [3.05, 3.63) is 58.7 Å². The highest BCUT2D eigenvalue weighted by atomic mass is 32.2. The van der Waals surface area contributed by atoms with Crippen LogP contribution in [-0.4, -0.2) is 16.6 Å². The van der Waals surface area contributed by atoms with E-state index in [1.165, 1.54) is 23.9 Å². The molecule has 7 heteroatoms. The van der Waals surface area contributed by atoms with Gasteiger partial charge in [-0.05, 0) is 42.6 Å². The summed E-state index contributed by atoms with van der Waals surface area (Å²) in [7, 11) is 0. The summed E-state index contributed by atoms with van der Waals surface area (Å²) in [6.07, 6.45) is 1.57. The molecule has 24 heavy (non-hydrogen) atoms. The van der Waals surface area contributed by atoms with E-state index in [9.17, 15) is 9.18 Å². The molecule has 2 heterocycles. The van der Waals surface area contributed by atoms with Crippen molar-refractivity contribution in [2.45, 2.75) is 18.2 Å². The van der Waals surface area contributed by atoms with E-state index in [0.717, 1.165) is 10.4 Å². The first-order valence-electron chi connectivity index (χ1n) is 7.29. The molecule has 1 unspecified atom stereocenters. The maximum absolute atomic E-state index is 12.9. The van der Waals surface area contributed by atoms with Gasteiger partial charge in [0.1, 0.15) is 5.82 Å². The summed E-state index contributed by atoms with van der Waals surface area (Å²) in [5, 5.41) is 5.33. The van der Waals surface area contributed by atoms with Crippen molar-refractivity contribution >= 4 is 29.0 Å². The van der Waals surface area contributed by atoms with Crippen LogP contribution in [0.3, 0.4) is 0 Å². The van der Waals surface area contributed by atoms with Crippen LogP contribution in [0, 0.1) is 5.82 Å². The summed E-state index contributed by atoms with van der Waals surface area (Å²) in [6, 6.07) is 9.91. The molecule has 3 aromatic rings. The van der Waals surface area contributed by atoms with Gasteiger partial charge < -0.3 is 9.73 Å². The number of amides is 1. The van der Waals surface area contributed by atoms with Crippen LogP contribution in [0.15, 0.2) is 57.6 Å². The second kappa shape index (κ2) is 7.63. The number of thioether (sulfide) groups is 1. The molecular formula is C17H15FN2O2S2. The quantitative estimate of drug-likeness (QED) is 0.656. The van der Waals surface area contributed by atoms with Crippen molar-refractivity contribution < 1.29 is 13.6 Å². The number of nitrogens with one attached hydrogen (secondary N) is 1. The summed E-state index contributed by atoms with van der Waals surface area (Å²) in [6.45, 7) is 1.95. The largest absolute Gasteiger partial charge is 0.431 e. The summed E-state index contributed by atoms with van der Waals surface area (Å²) in [5.74, 6) is 0.385. The second-order valence-electron chi connectivity index (χ2n) is 5.09. The first-order chi connectivity index (χ1) is 11.6. The molecule has 1 aromatic carbocycles. The fraction of sp³-hybridized carbons (Fsp3) is 0.176. The first kappa shape index (κ1) is 16.7. The molecule has 4 nitrogen and oxygen atoms in total. The Hall–Kier alpha value is -2.12. The Morgan fingerprint density at radius 2 is 2.17 bits per heavy atom. The summed E-state index contributed by atoms with van der Waals surface area (Å²) in [4.78, 5) is 17.3. The number of aromatic nitrogens is 1. The van der Waals surface area contributed by atoms with E-state index >= 15 is 0 Å². The predicted octanol–water partition coefficient (Wildman–Crippen LogP) is 4.51. The third-order valence-electron chi connectivity index (χ3n) is 3.29. The third-order valence-corrected chi connectivity index (χ3v) is 5.18. The Morgan fingerprint density at radius 1 is 1.38 bits per heavy atom. The SMILES string of the molecule is CC(NC(=O)CSc1ncc(-c2ccc(F)cc2)o1)c1cccs1. The Labute approximate surface area is 147 Å². The van der Waals surface area contributed by atoms with E-state index < -0.39 is 0 Å². The predicted molar refractivity (Wildman–Crippen MR) is 93.5 cm³/mol. The number of oxazole rings is 1. The van der Waals surface area contributed by atoms with Crippen LogP contribution in [0.5, 0.6) is 0 Å². The van der Waals surface area contributed by atoms with Crippen LogP contribution in [0.2, 0.25) is 0 Å². The molecule has 2 aromatic heterocycles. The van der Waals surface area contributed by atoms with Crippen LogP contribution < -0.4 is 5.32 Å². The van der Waals surface area contributed by atoms with E-state index in [4.69, 9.17) is 4.42 Å². The lowest BCUT2D eigenvalue weighted by atomic mass is 10.2. The van der Waals surface area contributed by atoms with E-state index in [1.54, 1.807) is 29.7 Å². The summed E-state index contributed by atoms with van der Waals surface area (Å²) in [5.41, 5.74) is 0.742. The van der Waals surface area contributed by atoms with E-state index in [-0.39, 0.29) is 23.5 Å². The van der Waals surface area contributed by atoms with Crippen molar-refractivity contribution in [3.63, 3.8) is 0 Å². The monoisotopic (exact) mass is 362 g/mol. The highest BCUT2D eigenvalue weighted by Crippen LogP contribution is 2.25. The second-order valence-corrected chi connectivity index (χ2v) is 7.00.